The fourth-order valence-electron chi connectivity index (χ4n) is 6.70. The molecule has 2 aromatic carbocycles. The maximum atomic E-state index is 14.0. The number of rotatable bonds is 5. The predicted molar refractivity (Wildman–Crippen MR) is 149 cm³/mol. The molecule has 6 rings (SSSR count). The van der Waals surface area contributed by atoms with Gasteiger partial charge in [-0.3, -0.25) is 19.2 Å². The van der Waals surface area contributed by atoms with E-state index in [4.69, 9.17) is 16.3 Å². The number of amides is 2. The third kappa shape index (κ3) is 3.99. The Morgan fingerprint density at radius 2 is 1.80 bits per heavy atom. The molecule has 204 valence electrons. The highest BCUT2D eigenvalue weighted by Gasteiger charge is 2.56. The Balaban J connectivity index is 1.48. The Hall–Kier alpha value is -3.81. The smallest absolute Gasteiger partial charge is 0.238 e. The molecule has 0 spiro atoms. The van der Waals surface area contributed by atoms with Crippen LogP contribution in [-0.2, 0) is 19.2 Å². The number of benzene rings is 2. The lowest BCUT2D eigenvalue weighted by molar-refractivity contribution is -0.123. The van der Waals surface area contributed by atoms with Gasteiger partial charge in [0.2, 0.25) is 11.8 Å². The van der Waals surface area contributed by atoms with Gasteiger partial charge in [-0.2, -0.15) is 0 Å². The van der Waals surface area contributed by atoms with Crippen molar-refractivity contribution in [1.82, 2.24) is 0 Å². The number of halogens is 1. The maximum absolute atomic E-state index is 14.0. The van der Waals surface area contributed by atoms with Crippen molar-refractivity contribution in [2.24, 2.45) is 17.8 Å². The van der Waals surface area contributed by atoms with Crippen molar-refractivity contribution >= 4 is 40.7 Å². The van der Waals surface area contributed by atoms with Crippen molar-refractivity contribution in [1.29, 1.82) is 0 Å². The highest BCUT2D eigenvalue weighted by molar-refractivity contribution is 6.32. The average Bonchev–Trinajstić information content (AvgIpc) is 3.20. The van der Waals surface area contributed by atoms with Crippen LogP contribution in [0.3, 0.4) is 0 Å². The first-order valence-electron chi connectivity index (χ1n) is 13.4. The number of imide groups is 1. The van der Waals surface area contributed by atoms with Crippen LogP contribution in [0.5, 0.6) is 5.75 Å². The molecule has 3 aliphatic carbocycles. The molecule has 4 aliphatic rings. The van der Waals surface area contributed by atoms with Gasteiger partial charge in [-0.25, -0.2) is 4.90 Å². The molecular weight excluding hydrogens is 530 g/mol. The number of ether oxygens (including phenoxy) is 1. The number of hydrogen-bond donors (Lipinski definition) is 1. The van der Waals surface area contributed by atoms with E-state index in [1.165, 1.54) is 11.0 Å². The van der Waals surface area contributed by atoms with E-state index >= 15 is 0 Å². The highest BCUT2D eigenvalue weighted by Crippen LogP contribution is 2.56. The molecule has 40 heavy (non-hydrogen) atoms. The standard InChI is InChI=1S/C32H28ClNO6/c1-16-7-8-18(14-24(16)33)34-31(38)21-10-9-19-22(28(21)32(34)39)15-23-25(36)13-17(2)30(37)29(23)27(19)20-5-3-4-6-26(20)40-12-11-35/h3-9,13-14,21-22,27-28,35H,10-12,15H2,1-2H3/t21-,22+,27+,28-/m0/s1. The van der Waals surface area contributed by atoms with Crippen molar-refractivity contribution in [3.8, 4) is 5.75 Å². The van der Waals surface area contributed by atoms with Gasteiger partial charge >= 0.3 is 0 Å². The summed E-state index contributed by atoms with van der Waals surface area (Å²) in [6.07, 6.45) is 3.89. The number of anilines is 1. The van der Waals surface area contributed by atoms with Crippen LogP contribution in [0.4, 0.5) is 5.69 Å². The fraction of sp³-hybridized carbons (Fsp3) is 0.312. The summed E-state index contributed by atoms with van der Waals surface area (Å²) in [6, 6.07) is 12.4. The number of ketones is 2. The summed E-state index contributed by atoms with van der Waals surface area (Å²) in [5.41, 5.74) is 3.96. The van der Waals surface area contributed by atoms with Gasteiger partial charge in [0.15, 0.2) is 11.6 Å². The third-order valence-corrected chi connectivity index (χ3v) is 8.96. The SMILES string of the molecule is CC1=CC(=O)C2=C(C1=O)[C@@H](c1ccccc1OCCO)C1=CC[C@@H]3C(=O)N(c4ccc(C)c(Cl)c4)C(=O)[C@@H]3[C@@H]1C2. The molecule has 1 fully saturated rings. The highest BCUT2D eigenvalue weighted by atomic mass is 35.5. The number of para-hydroxylation sites is 1. The second kappa shape index (κ2) is 9.98. The molecule has 1 aliphatic heterocycles. The Morgan fingerprint density at radius 3 is 2.55 bits per heavy atom. The van der Waals surface area contributed by atoms with E-state index < -0.39 is 23.7 Å². The number of nitrogens with zero attached hydrogens (tertiary/aromatic N) is 1. The minimum Gasteiger partial charge on any atom is -0.491 e. The minimum atomic E-state index is -0.676. The number of aryl methyl sites for hydroxylation is 1. The molecule has 0 radical (unpaired) electrons. The van der Waals surface area contributed by atoms with Crippen molar-refractivity contribution in [3.63, 3.8) is 0 Å². The monoisotopic (exact) mass is 557 g/mol. The molecule has 7 nitrogen and oxygen atoms in total. The number of aliphatic hydroxyl groups is 1. The molecule has 1 saturated heterocycles. The zero-order valence-corrected chi connectivity index (χ0v) is 22.9. The quantitative estimate of drug-likeness (QED) is 0.326. The van der Waals surface area contributed by atoms with E-state index in [0.717, 1.165) is 11.1 Å². The van der Waals surface area contributed by atoms with Crippen molar-refractivity contribution in [2.75, 3.05) is 18.1 Å². The predicted octanol–water partition coefficient (Wildman–Crippen LogP) is 4.65. The maximum Gasteiger partial charge on any atom is 0.238 e. The number of allylic oxidation sites excluding steroid dienone is 6. The topological polar surface area (TPSA) is 101 Å². The summed E-state index contributed by atoms with van der Waals surface area (Å²) in [4.78, 5) is 55.8. The summed E-state index contributed by atoms with van der Waals surface area (Å²) in [6.45, 7) is 3.37. The molecule has 2 amide bonds. The summed E-state index contributed by atoms with van der Waals surface area (Å²) in [5.74, 6) is -2.87. The first kappa shape index (κ1) is 26.4. The van der Waals surface area contributed by atoms with Crippen LogP contribution in [0.1, 0.15) is 36.8 Å². The Morgan fingerprint density at radius 1 is 1.02 bits per heavy atom. The Bertz CT molecular complexity index is 1580. The van der Waals surface area contributed by atoms with Crippen LogP contribution in [0.15, 0.2) is 76.9 Å². The van der Waals surface area contributed by atoms with Crippen molar-refractivity contribution in [3.05, 3.63) is 93.1 Å². The van der Waals surface area contributed by atoms with Gasteiger partial charge in [0, 0.05) is 33.2 Å². The lowest BCUT2D eigenvalue weighted by Crippen LogP contribution is -2.40. The molecule has 0 saturated carbocycles. The lowest BCUT2D eigenvalue weighted by atomic mass is 9.59. The number of fused-ring (bicyclic) bond motifs is 3. The van der Waals surface area contributed by atoms with E-state index in [0.29, 0.717) is 45.2 Å². The average molecular weight is 558 g/mol. The van der Waals surface area contributed by atoms with E-state index in [1.807, 2.05) is 25.1 Å². The van der Waals surface area contributed by atoms with E-state index in [1.54, 1.807) is 37.3 Å². The second-order valence-electron chi connectivity index (χ2n) is 10.8. The summed E-state index contributed by atoms with van der Waals surface area (Å²) >= 11 is 6.34. The zero-order chi connectivity index (χ0) is 28.3. The zero-order valence-electron chi connectivity index (χ0n) is 22.1. The molecule has 0 unspecified atom stereocenters. The van der Waals surface area contributed by atoms with Crippen LogP contribution in [-0.4, -0.2) is 41.7 Å². The Labute approximate surface area is 236 Å². The number of hydrogen-bond acceptors (Lipinski definition) is 6. The van der Waals surface area contributed by atoms with Gasteiger partial charge < -0.3 is 9.84 Å². The number of carbonyl (C=O) groups is 4. The van der Waals surface area contributed by atoms with Crippen LogP contribution < -0.4 is 9.64 Å². The molecule has 1 N–H and O–H groups in total. The van der Waals surface area contributed by atoms with Gasteiger partial charge in [0.1, 0.15) is 12.4 Å². The number of carbonyl (C=O) groups excluding carboxylic acids is 4. The minimum absolute atomic E-state index is 0.0652. The molecular formula is C32H28ClNO6. The van der Waals surface area contributed by atoms with E-state index in [2.05, 4.69) is 0 Å². The molecule has 8 heteroatoms. The largest absolute Gasteiger partial charge is 0.491 e. The Kier molecular flexibility index (Phi) is 6.59. The molecule has 1 heterocycles. The van der Waals surface area contributed by atoms with Gasteiger partial charge in [-0.1, -0.05) is 47.5 Å². The van der Waals surface area contributed by atoms with Crippen LogP contribution in [0.2, 0.25) is 5.02 Å². The summed E-state index contributed by atoms with van der Waals surface area (Å²) in [5, 5.41) is 9.85. The van der Waals surface area contributed by atoms with Crippen LogP contribution >= 0.6 is 11.6 Å². The molecule has 0 aromatic heterocycles. The first-order valence-corrected chi connectivity index (χ1v) is 13.8. The van der Waals surface area contributed by atoms with Gasteiger partial charge in [-0.15, -0.1) is 0 Å². The fourth-order valence-corrected chi connectivity index (χ4v) is 6.87. The number of Topliss-reactive ketones (excluding diaryl/α,β-unsaturated/α-hetero) is 1. The number of aliphatic hydroxyl groups excluding tert-OH is 1. The van der Waals surface area contributed by atoms with E-state index in [9.17, 15) is 24.3 Å². The van der Waals surface area contributed by atoms with Crippen LogP contribution in [0, 0.1) is 24.7 Å². The first-order chi connectivity index (χ1) is 19.2. The van der Waals surface area contributed by atoms with Gasteiger partial charge in [0.25, 0.3) is 0 Å². The lowest BCUT2D eigenvalue weighted by Gasteiger charge is -2.42. The summed E-state index contributed by atoms with van der Waals surface area (Å²) < 4.78 is 5.86. The van der Waals surface area contributed by atoms with Crippen LogP contribution in [0.25, 0.3) is 0 Å². The van der Waals surface area contributed by atoms with Crippen molar-refractivity contribution < 1.29 is 29.0 Å². The van der Waals surface area contributed by atoms with Crippen molar-refractivity contribution in [2.45, 2.75) is 32.6 Å². The van der Waals surface area contributed by atoms with Gasteiger partial charge in [-0.05, 0) is 62.4 Å². The third-order valence-electron chi connectivity index (χ3n) is 8.56. The molecule has 0 bridgehead atoms. The second-order valence-corrected chi connectivity index (χ2v) is 11.2. The normalized spacial score (nSPS) is 25.9. The van der Waals surface area contributed by atoms with E-state index in [-0.39, 0.29) is 43.0 Å². The molecule has 2 aromatic rings. The molecule has 4 atom stereocenters. The summed E-state index contributed by atoms with van der Waals surface area (Å²) in [7, 11) is 0. The van der Waals surface area contributed by atoms with Gasteiger partial charge in [0.05, 0.1) is 24.1 Å².